The van der Waals surface area contributed by atoms with Gasteiger partial charge in [0.25, 0.3) is 11.5 Å². The molecule has 1 amide bonds. The quantitative estimate of drug-likeness (QED) is 0.809. The van der Waals surface area contributed by atoms with Gasteiger partial charge < -0.3 is 14.2 Å². The molecule has 0 aromatic carbocycles. The number of ether oxygens (including phenoxy) is 1. The number of aryl methyl sites for hydroxylation is 2. The van der Waals surface area contributed by atoms with Gasteiger partial charge in [-0.05, 0) is 44.7 Å². The van der Waals surface area contributed by atoms with Crippen LogP contribution in [0.5, 0.6) is 0 Å². The highest BCUT2D eigenvalue weighted by atomic mass is 16.5. The lowest BCUT2D eigenvalue weighted by molar-refractivity contribution is -0.0685. The summed E-state index contributed by atoms with van der Waals surface area (Å²) in [6.07, 6.45) is 2.96. The van der Waals surface area contributed by atoms with E-state index in [0.717, 1.165) is 12.0 Å². The lowest BCUT2D eigenvalue weighted by Crippen LogP contribution is -2.56. The molecule has 1 aliphatic heterocycles. The standard InChI is InChI=1S/C18H28N2O3/c1-12(2)6-8-19-9-7-14(5)16(17(19)21)18(22)20-10-15(11-20)23-13(3)4/h7,9,12-13,15H,6,8,10-11H2,1-5H3. The van der Waals surface area contributed by atoms with Gasteiger partial charge >= 0.3 is 0 Å². The van der Waals surface area contributed by atoms with Crippen molar-refractivity contribution in [3.8, 4) is 0 Å². The molecule has 0 unspecified atom stereocenters. The van der Waals surface area contributed by atoms with E-state index in [2.05, 4.69) is 13.8 Å². The predicted octanol–water partition coefficient (Wildman–Crippen LogP) is 2.45. The number of pyridine rings is 1. The summed E-state index contributed by atoms with van der Waals surface area (Å²) in [7, 11) is 0. The number of carbonyl (C=O) groups excluding carboxylic acids is 1. The monoisotopic (exact) mass is 320 g/mol. The fourth-order valence-electron chi connectivity index (χ4n) is 2.73. The van der Waals surface area contributed by atoms with E-state index < -0.39 is 0 Å². The molecule has 5 heteroatoms. The van der Waals surface area contributed by atoms with Crippen LogP contribution in [0.2, 0.25) is 0 Å². The number of carbonyl (C=O) groups is 1. The van der Waals surface area contributed by atoms with Gasteiger partial charge in [0.15, 0.2) is 0 Å². The lowest BCUT2D eigenvalue weighted by Gasteiger charge is -2.39. The Balaban J connectivity index is 2.11. The summed E-state index contributed by atoms with van der Waals surface area (Å²) in [5, 5.41) is 0. The van der Waals surface area contributed by atoms with Crippen LogP contribution in [-0.2, 0) is 11.3 Å². The zero-order valence-corrected chi connectivity index (χ0v) is 14.8. The van der Waals surface area contributed by atoms with E-state index in [-0.39, 0.29) is 23.7 Å². The maximum Gasteiger partial charge on any atom is 0.263 e. The van der Waals surface area contributed by atoms with Gasteiger partial charge in [0.1, 0.15) is 5.56 Å². The third-order valence-electron chi connectivity index (χ3n) is 4.13. The van der Waals surface area contributed by atoms with Crippen LogP contribution in [0, 0.1) is 12.8 Å². The third-order valence-corrected chi connectivity index (χ3v) is 4.13. The first-order chi connectivity index (χ1) is 10.8. The molecule has 0 saturated carbocycles. The Labute approximate surface area is 138 Å². The molecule has 1 aliphatic rings. The molecule has 0 radical (unpaired) electrons. The van der Waals surface area contributed by atoms with Crippen molar-refractivity contribution in [3.05, 3.63) is 33.7 Å². The molecule has 0 N–H and O–H groups in total. The lowest BCUT2D eigenvalue weighted by atomic mass is 10.1. The van der Waals surface area contributed by atoms with Gasteiger partial charge in [0.2, 0.25) is 0 Å². The number of rotatable bonds is 6. The smallest absolute Gasteiger partial charge is 0.263 e. The summed E-state index contributed by atoms with van der Waals surface area (Å²) < 4.78 is 7.33. The molecule has 2 heterocycles. The fraction of sp³-hybridized carbons (Fsp3) is 0.667. The van der Waals surface area contributed by atoms with Crippen LogP contribution in [0.15, 0.2) is 17.1 Å². The first-order valence-electron chi connectivity index (χ1n) is 8.44. The van der Waals surface area contributed by atoms with Crippen LogP contribution in [0.4, 0.5) is 0 Å². The van der Waals surface area contributed by atoms with Crippen molar-refractivity contribution in [2.24, 2.45) is 5.92 Å². The number of likely N-dealkylation sites (tertiary alicyclic amines) is 1. The molecule has 2 rings (SSSR count). The van der Waals surface area contributed by atoms with E-state index in [1.807, 2.05) is 26.8 Å². The van der Waals surface area contributed by atoms with Crippen molar-refractivity contribution < 1.29 is 9.53 Å². The SMILES string of the molecule is Cc1ccn(CCC(C)C)c(=O)c1C(=O)N1CC(OC(C)C)C1. The second-order valence-electron chi connectivity index (χ2n) is 7.07. The average Bonchev–Trinajstić information content (AvgIpc) is 2.41. The zero-order valence-electron chi connectivity index (χ0n) is 14.8. The predicted molar refractivity (Wildman–Crippen MR) is 90.8 cm³/mol. The Kier molecular flexibility index (Phi) is 5.63. The Morgan fingerprint density at radius 2 is 1.96 bits per heavy atom. The maximum atomic E-state index is 12.6. The summed E-state index contributed by atoms with van der Waals surface area (Å²) in [6.45, 7) is 11.8. The topological polar surface area (TPSA) is 51.5 Å². The van der Waals surface area contributed by atoms with Gasteiger partial charge in [-0.25, -0.2) is 0 Å². The average molecular weight is 320 g/mol. The number of aromatic nitrogens is 1. The molecule has 1 aromatic rings. The largest absolute Gasteiger partial charge is 0.372 e. The summed E-state index contributed by atoms with van der Waals surface area (Å²) >= 11 is 0. The second-order valence-corrected chi connectivity index (χ2v) is 7.07. The number of hydrogen-bond donors (Lipinski definition) is 0. The first-order valence-corrected chi connectivity index (χ1v) is 8.44. The Bertz CT molecular complexity index is 613. The van der Waals surface area contributed by atoms with Gasteiger partial charge in [0, 0.05) is 25.8 Å². The van der Waals surface area contributed by atoms with E-state index in [0.29, 0.717) is 31.1 Å². The molecule has 0 spiro atoms. The Morgan fingerprint density at radius 3 is 2.52 bits per heavy atom. The molecule has 1 fully saturated rings. The summed E-state index contributed by atoms with van der Waals surface area (Å²) in [5.41, 5.74) is 0.872. The van der Waals surface area contributed by atoms with E-state index in [1.54, 1.807) is 15.7 Å². The van der Waals surface area contributed by atoms with Crippen molar-refractivity contribution in [1.82, 2.24) is 9.47 Å². The minimum atomic E-state index is -0.177. The van der Waals surface area contributed by atoms with Crippen molar-refractivity contribution >= 4 is 5.91 Å². The minimum absolute atomic E-state index is 0.0890. The summed E-state index contributed by atoms with van der Waals surface area (Å²) in [6, 6.07) is 1.86. The minimum Gasteiger partial charge on any atom is -0.372 e. The van der Waals surface area contributed by atoms with Gasteiger partial charge in [-0.1, -0.05) is 13.8 Å². The van der Waals surface area contributed by atoms with Gasteiger partial charge in [-0.2, -0.15) is 0 Å². The summed E-state index contributed by atoms with van der Waals surface area (Å²) in [5.74, 6) is 0.349. The molecule has 0 aliphatic carbocycles. The normalized spacial score (nSPS) is 15.3. The number of nitrogens with zero attached hydrogens (tertiary/aromatic N) is 2. The zero-order chi connectivity index (χ0) is 17.1. The van der Waals surface area contributed by atoms with Crippen molar-refractivity contribution in [3.63, 3.8) is 0 Å². The van der Waals surface area contributed by atoms with E-state index in [1.165, 1.54) is 0 Å². The highest BCUT2D eigenvalue weighted by Gasteiger charge is 2.34. The second kappa shape index (κ2) is 7.30. The first kappa shape index (κ1) is 17.7. The molecular weight excluding hydrogens is 292 g/mol. The molecule has 0 bridgehead atoms. The Morgan fingerprint density at radius 1 is 1.30 bits per heavy atom. The van der Waals surface area contributed by atoms with Crippen LogP contribution in [0.25, 0.3) is 0 Å². The van der Waals surface area contributed by atoms with Crippen LogP contribution in [-0.4, -0.2) is 40.7 Å². The van der Waals surface area contributed by atoms with E-state index in [9.17, 15) is 9.59 Å². The Hall–Kier alpha value is -1.62. The number of hydrogen-bond acceptors (Lipinski definition) is 3. The molecule has 0 atom stereocenters. The van der Waals surface area contributed by atoms with Crippen molar-refractivity contribution in [1.29, 1.82) is 0 Å². The van der Waals surface area contributed by atoms with Crippen LogP contribution >= 0.6 is 0 Å². The number of amides is 1. The van der Waals surface area contributed by atoms with Crippen molar-refractivity contribution in [2.75, 3.05) is 13.1 Å². The molecule has 5 nitrogen and oxygen atoms in total. The van der Waals surface area contributed by atoms with E-state index in [4.69, 9.17) is 4.74 Å². The highest BCUT2D eigenvalue weighted by Crippen LogP contribution is 2.17. The molecule has 23 heavy (non-hydrogen) atoms. The maximum absolute atomic E-state index is 12.6. The molecular formula is C18H28N2O3. The molecule has 1 saturated heterocycles. The molecule has 1 aromatic heterocycles. The summed E-state index contributed by atoms with van der Waals surface area (Å²) in [4.78, 5) is 27.0. The van der Waals surface area contributed by atoms with Crippen LogP contribution < -0.4 is 5.56 Å². The van der Waals surface area contributed by atoms with Crippen molar-refractivity contribution in [2.45, 2.75) is 59.8 Å². The fourth-order valence-corrected chi connectivity index (χ4v) is 2.73. The third kappa shape index (κ3) is 4.22. The molecule has 128 valence electrons. The highest BCUT2D eigenvalue weighted by molar-refractivity contribution is 5.95. The van der Waals surface area contributed by atoms with Gasteiger partial charge in [0.05, 0.1) is 12.2 Å². The van der Waals surface area contributed by atoms with Crippen LogP contribution in [0.1, 0.15) is 50.0 Å². The van der Waals surface area contributed by atoms with Crippen LogP contribution in [0.3, 0.4) is 0 Å². The van der Waals surface area contributed by atoms with E-state index >= 15 is 0 Å². The van der Waals surface area contributed by atoms with Gasteiger partial charge in [-0.15, -0.1) is 0 Å². The van der Waals surface area contributed by atoms with Gasteiger partial charge in [-0.3, -0.25) is 9.59 Å².